The van der Waals surface area contributed by atoms with E-state index in [9.17, 15) is 14.7 Å². The van der Waals surface area contributed by atoms with Crippen LogP contribution in [0.1, 0.15) is 78.2 Å². The first-order valence-corrected chi connectivity index (χ1v) is 12.9. The van der Waals surface area contributed by atoms with E-state index in [4.69, 9.17) is 9.47 Å². The fourth-order valence-corrected chi connectivity index (χ4v) is 5.72. The van der Waals surface area contributed by atoms with E-state index >= 15 is 0 Å². The highest BCUT2D eigenvalue weighted by Crippen LogP contribution is 2.47. The van der Waals surface area contributed by atoms with Crippen molar-refractivity contribution in [2.24, 2.45) is 5.92 Å². The van der Waals surface area contributed by atoms with Crippen molar-refractivity contribution >= 4 is 11.9 Å². The second-order valence-electron chi connectivity index (χ2n) is 10.0. The first-order chi connectivity index (χ1) is 16.3. The summed E-state index contributed by atoms with van der Waals surface area (Å²) in [6.07, 6.45) is 5.21. The Labute approximate surface area is 204 Å². The number of esters is 1. The molecule has 3 rings (SSSR count). The van der Waals surface area contributed by atoms with Gasteiger partial charge in [-0.25, -0.2) is 0 Å². The number of carbonyl (C=O) groups excluding carboxylic acids is 2. The SMILES string of the molecule is CCC[C@H](N[C@@H](C)C(=O)N1[C@H]2CCCC[C@H]2CC1(C)C(O)OCc1ccccc1)C(=O)OCC. The van der Waals surface area contributed by atoms with E-state index in [-0.39, 0.29) is 24.5 Å². The number of benzene rings is 1. The third-order valence-electron chi connectivity index (χ3n) is 7.42. The lowest BCUT2D eigenvalue weighted by molar-refractivity contribution is -0.190. The summed E-state index contributed by atoms with van der Waals surface area (Å²) in [5.74, 6) is -0.0685. The van der Waals surface area contributed by atoms with Crippen LogP contribution in [0, 0.1) is 5.92 Å². The van der Waals surface area contributed by atoms with E-state index in [0.717, 1.165) is 37.7 Å². The van der Waals surface area contributed by atoms with E-state index in [1.807, 2.05) is 49.1 Å². The maximum absolute atomic E-state index is 13.9. The maximum atomic E-state index is 13.9. The summed E-state index contributed by atoms with van der Waals surface area (Å²) in [5, 5.41) is 14.5. The first-order valence-electron chi connectivity index (χ1n) is 12.9. The van der Waals surface area contributed by atoms with Crippen molar-refractivity contribution in [3.63, 3.8) is 0 Å². The van der Waals surface area contributed by atoms with Crippen LogP contribution in [0.2, 0.25) is 0 Å². The molecule has 1 amide bonds. The van der Waals surface area contributed by atoms with Crippen LogP contribution in [0.15, 0.2) is 30.3 Å². The number of amides is 1. The van der Waals surface area contributed by atoms with E-state index in [0.29, 0.717) is 25.4 Å². The summed E-state index contributed by atoms with van der Waals surface area (Å²) in [5.41, 5.74) is 0.149. The highest BCUT2D eigenvalue weighted by molar-refractivity contribution is 5.84. The molecule has 0 spiro atoms. The molecule has 1 aliphatic heterocycles. The van der Waals surface area contributed by atoms with Gasteiger partial charge in [0.15, 0.2) is 6.29 Å². The smallest absolute Gasteiger partial charge is 0.323 e. The van der Waals surface area contributed by atoms with Gasteiger partial charge in [-0.1, -0.05) is 56.5 Å². The van der Waals surface area contributed by atoms with Crippen molar-refractivity contribution in [1.29, 1.82) is 0 Å². The highest BCUT2D eigenvalue weighted by Gasteiger charge is 2.56. The number of carbonyl (C=O) groups is 2. The van der Waals surface area contributed by atoms with Crippen molar-refractivity contribution in [1.82, 2.24) is 10.2 Å². The number of nitrogens with one attached hydrogen (secondary N) is 1. The predicted octanol–water partition coefficient (Wildman–Crippen LogP) is 3.78. The molecule has 2 fully saturated rings. The van der Waals surface area contributed by atoms with Crippen molar-refractivity contribution in [3.05, 3.63) is 35.9 Å². The molecule has 1 aromatic carbocycles. The second-order valence-corrected chi connectivity index (χ2v) is 10.0. The standard InChI is InChI=1S/C27H42N2O5/c1-5-12-22(25(31)33-6-2)28-19(3)24(30)29-23-16-11-10-15-21(23)17-27(29,4)26(32)34-18-20-13-8-7-9-14-20/h7-9,13-14,19,21-23,26,28,32H,5-6,10-12,15-18H2,1-4H3/t19-,21-,22-,23-,26?,27?/m0/s1. The lowest BCUT2D eigenvalue weighted by Gasteiger charge is -2.43. The summed E-state index contributed by atoms with van der Waals surface area (Å²) in [6.45, 7) is 8.13. The number of rotatable bonds is 11. The Balaban J connectivity index is 1.77. The molecule has 6 atom stereocenters. The molecule has 0 aromatic heterocycles. The van der Waals surface area contributed by atoms with Gasteiger partial charge in [-0.15, -0.1) is 0 Å². The summed E-state index contributed by atoms with van der Waals surface area (Å²) in [7, 11) is 0. The number of aliphatic hydroxyl groups is 1. The minimum Gasteiger partial charge on any atom is -0.465 e. The van der Waals surface area contributed by atoms with Crippen LogP contribution in [-0.2, 0) is 25.7 Å². The van der Waals surface area contributed by atoms with Crippen LogP contribution in [0.4, 0.5) is 0 Å². The average molecular weight is 475 g/mol. The topological polar surface area (TPSA) is 88.1 Å². The molecule has 7 nitrogen and oxygen atoms in total. The fourth-order valence-electron chi connectivity index (χ4n) is 5.72. The van der Waals surface area contributed by atoms with Crippen LogP contribution >= 0.6 is 0 Å². The molecule has 2 aliphatic rings. The third kappa shape index (κ3) is 5.99. The van der Waals surface area contributed by atoms with Crippen LogP contribution < -0.4 is 5.32 Å². The number of hydrogen-bond acceptors (Lipinski definition) is 6. The van der Waals surface area contributed by atoms with Gasteiger partial charge in [0.1, 0.15) is 6.04 Å². The molecule has 2 unspecified atom stereocenters. The summed E-state index contributed by atoms with van der Waals surface area (Å²) in [4.78, 5) is 28.2. The molecule has 1 saturated heterocycles. The molecular weight excluding hydrogens is 432 g/mol. The normalized spacial score (nSPS) is 27.0. The van der Waals surface area contributed by atoms with Crippen molar-refractivity contribution in [3.8, 4) is 0 Å². The Morgan fingerprint density at radius 2 is 1.91 bits per heavy atom. The van der Waals surface area contributed by atoms with Gasteiger partial charge in [-0.05, 0) is 57.9 Å². The number of likely N-dealkylation sites (tertiary alicyclic amines) is 1. The number of ether oxygens (including phenoxy) is 2. The van der Waals surface area contributed by atoms with E-state index in [1.54, 1.807) is 13.8 Å². The van der Waals surface area contributed by atoms with Gasteiger partial charge < -0.3 is 19.5 Å². The quantitative estimate of drug-likeness (QED) is 0.375. The maximum Gasteiger partial charge on any atom is 0.323 e. The molecule has 190 valence electrons. The Kier molecular flexibility index (Phi) is 9.51. The predicted molar refractivity (Wildman–Crippen MR) is 131 cm³/mol. The van der Waals surface area contributed by atoms with Gasteiger partial charge >= 0.3 is 5.97 Å². The molecular formula is C27H42N2O5. The Morgan fingerprint density at radius 3 is 2.59 bits per heavy atom. The van der Waals surface area contributed by atoms with E-state index < -0.39 is 23.9 Å². The van der Waals surface area contributed by atoms with Gasteiger partial charge in [-0.2, -0.15) is 0 Å². The Morgan fingerprint density at radius 1 is 1.21 bits per heavy atom. The van der Waals surface area contributed by atoms with Crippen LogP contribution in [0.5, 0.6) is 0 Å². The van der Waals surface area contributed by atoms with Gasteiger partial charge in [0.25, 0.3) is 0 Å². The number of nitrogens with zero attached hydrogens (tertiary/aromatic N) is 1. The molecule has 1 aliphatic carbocycles. The second kappa shape index (κ2) is 12.1. The zero-order chi connectivity index (χ0) is 24.7. The molecule has 34 heavy (non-hydrogen) atoms. The van der Waals surface area contributed by atoms with Crippen LogP contribution in [0.25, 0.3) is 0 Å². The van der Waals surface area contributed by atoms with Crippen molar-refractivity contribution in [2.45, 2.75) is 109 Å². The van der Waals surface area contributed by atoms with Crippen molar-refractivity contribution < 1.29 is 24.2 Å². The summed E-state index contributed by atoms with van der Waals surface area (Å²) >= 11 is 0. The lowest BCUT2D eigenvalue weighted by Crippen LogP contribution is -2.61. The first kappa shape index (κ1) is 26.6. The molecule has 1 aromatic rings. The minimum atomic E-state index is -1.11. The van der Waals surface area contributed by atoms with Gasteiger partial charge in [0.2, 0.25) is 5.91 Å². The molecule has 1 saturated carbocycles. The van der Waals surface area contributed by atoms with Crippen molar-refractivity contribution in [2.75, 3.05) is 6.61 Å². The van der Waals surface area contributed by atoms with Gasteiger partial charge in [0.05, 0.1) is 24.8 Å². The summed E-state index contributed by atoms with van der Waals surface area (Å²) < 4.78 is 11.2. The summed E-state index contributed by atoms with van der Waals surface area (Å²) in [6, 6.07) is 8.72. The fraction of sp³-hybridized carbons (Fsp3) is 0.704. The average Bonchev–Trinajstić information content (AvgIpc) is 3.15. The number of fused-ring (bicyclic) bond motifs is 1. The highest BCUT2D eigenvalue weighted by atomic mass is 16.6. The Hall–Kier alpha value is -1.96. The largest absolute Gasteiger partial charge is 0.465 e. The number of hydrogen-bond donors (Lipinski definition) is 2. The lowest BCUT2D eigenvalue weighted by atomic mass is 9.83. The van der Waals surface area contributed by atoms with Gasteiger partial charge in [0, 0.05) is 6.04 Å². The zero-order valence-corrected chi connectivity index (χ0v) is 21.2. The number of aliphatic hydroxyl groups excluding tert-OH is 1. The zero-order valence-electron chi connectivity index (χ0n) is 21.2. The minimum absolute atomic E-state index is 0.0812. The van der Waals surface area contributed by atoms with Crippen LogP contribution in [-0.4, -0.2) is 58.4 Å². The molecule has 1 heterocycles. The third-order valence-corrected chi connectivity index (χ3v) is 7.42. The molecule has 7 heteroatoms. The van der Waals surface area contributed by atoms with E-state index in [2.05, 4.69) is 5.32 Å². The molecule has 0 radical (unpaired) electrons. The molecule has 2 N–H and O–H groups in total. The van der Waals surface area contributed by atoms with E-state index in [1.165, 1.54) is 0 Å². The van der Waals surface area contributed by atoms with Gasteiger partial charge in [-0.3, -0.25) is 14.9 Å². The molecule has 0 bridgehead atoms. The monoisotopic (exact) mass is 474 g/mol. The Bertz CT molecular complexity index is 803. The van der Waals surface area contributed by atoms with Crippen LogP contribution in [0.3, 0.4) is 0 Å².